The van der Waals surface area contributed by atoms with E-state index in [0.717, 1.165) is 29.5 Å². The molecular formula is C29H49F3N4O5S. The fourth-order valence-electron chi connectivity index (χ4n) is 3.31. The van der Waals surface area contributed by atoms with Crippen LogP contribution in [-0.2, 0) is 15.6 Å². The number of aromatic nitrogens is 1. The summed E-state index contributed by atoms with van der Waals surface area (Å²) in [4.78, 5) is 23.2. The predicted octanol–water partition coefficient (Wildman–Crippen LogP) is 5.28. The average Bonchev–Trinajstić information content (AvgIpc) is 2.95. The number of carbonyl (C=O) groups excluding carboxylic acids is 1. The number of carbonyl (C=O) groups is 1. The number of ether oxygens (including phenoxy) is 2. The van der Waals surface area contributed by atoms with Gasteiger partial charge in [-0.25, -0.2) is 0 Å². The molecule has 2 rings (SSSR count). The summed E-state index contributed by atoms with van der Waals surface area (Å²) in [6.45, 7) is 12.8. The Labute approximate surface area is 250 Å². The number of methoxy groups -OCH3 is 2. The molecule has 0 fully saturated rings. The molecule has 0 aliphatic heterocycles. The van der Waals surface area contributed by atoms with E-state index in [4.69, 9.17) is 9.47 Å². The molecule has 3 unspecified atom stereocenters. The van der Waals surface area contributed by atoms with Gasteiger partial charge in [-0.05, 0) is 37.0 Å². The second-order valence-corrected chi connectivity index (χ2v) is 10.8. The maximum Gasteiger partial charge on any atom is 0.407 e. The van der Waals surface area contributed by atoms with Crippen molar-refractivity contribution in [3.63, 3.8) is 0 Å². The van der Waals surface area contributed by atoms with E-state index in [-0.39, 0.29) is 11.6 Å². The smallest absolute Gasteiger partial charge is 0.407 e. The molecule has 242 valence electrons. The van der Waals surface area contributed by atoms with Crippen LogP contribution in [0.3, 0.4) is 0 Å². The lowest BCUT2D eigenvalue weighted by atomic mass is 10.0. The van der Waals surface area contributed by atoms with Gasteiger partial charge < -0.3 is 25.1 Å². The van der Waals surface area contributed by atoms with Gasteiger partial charge in [0.05, 0.1) is 19.9 Å². The van der Waals surface area contributed by atoms with Crippen LogP contribution in [0.2, 0.25) is 0 Å². The number of hydrogen-bond acceptors (Lipinski definition) is 7. The third kappa shape index (κ3) is 19.1. The highest BCUT2D eigenvalue weighted by atomic mass is 32.2. The molecule has 0 saturated heterocycles. The predicted molar refractivity (Wildman–Crippen MR) is 166 cm³/mol. The molecule has 0 spiro atoms. The molecule has 0 aliphatic rings. The second kappa shape index (κ2) is 23.5. The molecule has 4 N–H and O–H groups in total. The highest BCUT2D eigenvalue weighted by Gasteiger charge is 2.41. The highest BCUT2D eigenvalue weighted by Crippen LogP contribution is 2.33. The Hall–Kier alpha value is -3.06. The minimum atomic E-state index is -4.40. The van der Waals surface area contributed by atoms with Gasteiger partial charge in [-0.1, -0.05) is 40.7 Å². The second-order valence-electron chi connectivity index (χ2n) is 9.08. The van der Waals surface area contributed by atoms with E-state index in [1.807, 2.05) is 46.8 Å². The van der Waals surface area contributed by atoms with Crippen LogP contribution < -0.4 is 31.0 Å². The zero-order valence-corrected chi connectivity index (χ0v) is 27.0. The van der Waals surface area contributed by atoms with Crippen molar-refractivity contribution in [1.29, 1.82) is 0 Å². The van der Waals surface area contributed by atoms with Crippen LogP contribution in [-0.4, -0.2) is 67.1 Å². The fraction of sp³-hybridized carbons (Fsp3) is 0.586. The molecule has 1 heterocycles. The van der Waals surface area contributed by atoms with Gasteiger partial charge in [0.25, 0.3) is 0 Å². The minimum absolute atomic E-state index is 0.0164. The van der Waals surface area contributed by atoms with E-state index in [1.165, 1.54) is 6.07 Å². The van der Waals surface area contributed by atoms with E-state index in [1.54, 1.807) is 33.5 Å². The topological polar surface area (TPSA) is 122 Å². The Balaban J connectivity index is 0. The average molecular weight is 623 g/mol. The maximum absolute atomic E-state index is 13.0. The Morgan fingerprint density at radius 1 is 1.05 bits per heavy atom. The Morgan fingerprint density at radius 3 is 2.10 bits per heavy atom. The number of amides is 1. The van der Waals surface area contributed by atoms with Crippen LogP contribution >= 0.6 is 0 Å². The summed E-state index contributed by atoms with van der Waals surface area (Å²) >= 11 is 0. The first kappa shape index (κ1) is 41.1. The van der Waals surface area contributed by atoms with Crippen molar-refractivity contribution in [2.24, 2.45) is 5.92 Å². The molecule has 1 amide bonds. The number of anilines is 1. The monoisotopic (exact) mass is 622 g/mol. The molecule has 42 heavy (non-hydrogen) atoms. The van der Waals surface area contributed by atoms with E-state index < -0.39 is 28.6 Å². The highest BCUT2D eigenvalue weighted by molar-refractivity contribution is 7.84. The van der Waals surface area contributed by atoms with Crippen LogP contribution in [0.15, 0.2) is 41.3 Å². The van der Waals surface area contributed by atoms with Crippen molar-refractivity contribution in [3.8, 4) is 11.5 Å². The van der Waals surface area contributed by atoms with E-state index >= 15 is 0 Å². The number of nitrogens with one attached hydrogen (secondary N) is 4. The number of H-pyrrole nitrogens is 1. The first-order valence-corrected chi connectivity index (χ1v) is 15.5. The number of halogens is 3. The normalized spacial score (nSPS) is 12.5. The lowest BCUT2D eigenvalue weighted by Crippen LogP contribution is -2.40. The van der Waals surface area contributed by atoms with Gasteiger partial charge in [0.2, 0.25) is 12.0 Å². The van der Waals surface area contributed by atoms with E-state index in [2.05, 4.69) is 20.9 Å². The maximum atomic E-state index is 13.0. The molecule has 0 aliphatic carbocycles. The first-order chi connectivity index (χ1) is 19.8. The molecule has 2 aromatic rings. The van der Waals surface area contributed by atoms with Crippen molar-refractivity contribution < 1.29 is 31.6 Å². The van der Waals surface area contributed by atoms with Gasteiger partial charge in [0.15, 0.2) is 0 Å². The number of pyridine rings is 1. The molecular weight excluding hydrogens is 573 g/mol. The largest absolute Gasteiger partial charge is 0.497 e. The zero-order chi connectivity index (χ0) is 32.7. The molecule has 1 aromatic heterocycles. The third-order valence-corrected chi connectivity index (χ3v) is 6.04. The van der Waals surface area contributed by atoms with Crippen LogP contribution in [0.1, 0.15) is 59.6 Å². The minimum Gasteiger partial charge on any atom is -0.497 e. The Bertz CT molecular complexity index is 1050. The molecule has 0 saturated carbocycles. The summed E-state index contributed by atoms with van der Waals surface area (Å²) in [5, 5.41) is 8.30. The first-order valence-electron chi connectivity index (χ1n) is 13.7. The van der Waals surface area contributed by atoms with Crippen molar-refractivity contribution in [3.05, 3.63) is 52.4 Å². The van der Waals surface area contributed by atoms with Crippen LogP contribution in [0, 0.1) is 5.92 Å². The van der Waals surface area contributed by atoms with Crippen molar-refractivity contribution in [2.45, 2.75) is 66.2 Å². The molecule has 0 radical (unpaired) electrons. The van der Waals surface area contributed by atoms with Gasteiger partial charge in [-0.15, -0.1) is 0 Å². The number of alkyl halides is 3. The van der Waals surface area contributed by atoms with E-state index in [0.29, 0.717) is 37.6 Å². The third-order valence-electron chi connectivity index (χ3n) is 5.23. The van der Waals surface area contributed by atoms with Gasteiger partial charge in [-0.2, -0.15) is 13.2 Å². The van der Waals surface area contributed by atoms with Crippen LogP contribution in [0.4, 0.5) is 18.9 Å². The van der Waals surface area contributed by atoms with Gasteiger partial charge in [0, 0.05) is 60.3 Å². The molecule has 9 nitrogen and oxygen atoms in total. The van der Waals surface area contributed by atoms with Crippen LogP contribution in [0.5, 0.6) is 11.5 Å². The van der Waals surface area contributed by atoms with Gasteiger partial charge >= 0.3 is 6.18 Å². The number of benzene rings is 1. The summed E-state index contributed by atoms with van der Waals surface area (Å²) < 4.78 is 59.4. The number of aromatic amines is 1. The lowest BCUT2D eigenvalue weighted by molar-refractivity contribution is -0.159. The Kier molecular flexibility index (Phi) is 23.0. The summed E-state index contributed by atoms with van der Waals surface area (Å²) in [5.74, 6) is 2.55. The quantitative estimate of drug-likeness (QED) is 0.177. The zero-order valence-electron chi connectivity index (χ0n) is 26.2. The lowest BCUT2D eigenvalue weighted by Gasteiger charge is -2.26. The summed E-state index contributed by atoms with van der Waals surface area (Å²) in [6.07, 6.45) is -0.276. The molecule has 0 bridgehead atoms. The molecule has 13 heteroatoms. The summed E-state index contributed by atoms with van der Waals surface area (Å²) in [6, 6.07) is 5.79. The Morgan fingerprint density at radius 2 is 1.67 bits per heavy atom. The standard InChI is InChI=1S/C13H19F3N2O.C11H16N2O3.C3H8OS.C2H6/c1-8(2)6-9(3)18-12(13(14,15)16)10-4-5-11(19)17-7-10;1-15-9-3-4-10(11(7-9)16-2)13-6-5-12-8-14;1-3-5(2)4;1-2/h4-5,7-9,12,18H,6H2,1-3H3,(H,17,19);3-4,7-8,13H,5-6H2,1-2H3,(H,12,14);3H2,1-2H3;1-2H3. The fourth-order valence-corrected chi connectivity index (χ4v) is 3.31. The summed E-state index contributed by atoms with van der Waals surface area (Å²) in [7, 11) is 2.64. The van der Waals surface area contributed by atoms with Gasteiger partial charge in [0.1, 0.15) is 17.5 Å². The van der Waals surface area contributed by atoms with Crippen LogP contribution in [0.25, 0.3) is 0 Å². The SMILES string of the molecule is CC.CC(C)CC(C)NC(c1ccc(=O)[nH]c1)C(F)(F)F.CCS(C)=O.COc1ccc(NCCNC=O)c(OC)c1. The van der Waals surface area contributed by atoms with Crippen molar-refractivity contribution in [1.82, 2.24) is 15.6 Å². The van der Waals surface area contributed by atoms with E-state index in [9.17, 15) is 27.0 Å². The van der Waals surface area contributed by atoms with Crippen molar-refractivity contribution >= 4 is 22.9 Å². The number of hydrogen-bond donors (Lipinski definition) is 4. The molecule has 3 atom stereocenters. The summed E-state index contributed by atoms with van der Waals surface area (Å²) in [5.41, 5.74) is 0.471. The molecule has 1 aromatic carbocycles. The number of rotatable bonds is 13. The van der Waals surface area contributed by atoms with Crippen molar-refractivity contribution in [2.75, 3.05) is 44.6 Å². The van der Waals surface area contributed by atoms with Gasteiger partial charge in [-0.3, -0.25) is 19.1 Å².